The minimum absolute atomic E-state index is 0. The number of likely N-dealkylation sites (tertiary alicyclic amines) is 1. The van der Waals surface area contributed by atoms with Crippen LogP contribution in [0.2, 0.25) is 0 Å². The van der Waals surface area contributed by atoms with Gasteiger partial charge in [-0.05, 0) is 53.4 Å². The molecule has 1 aromatic carbocycles. The zero-order valence-electron chi connectivity index (χ0n) is 17.9. The number of hydrogen-bond acceptors (Lipinski definition) is 3. The highest BCUT2D eigenvalue weighted by atomic mass is 35.5. The summed E-state index contributed by atoms with van der Waals surface area (Å²) in [7, 11) is 0. The Balaban J connectivity index is 0.00000225. The number of halogens is 1. The van der Waals surface area contributed by atoms with Gasteiger partial charge in [0, 0.05) is 50.9 Å². The number of piperazine rings is 1. The number of rotatable bonds is 2. The van der Waals surface area contributed by atoms with E-state index in [2.05, 4.69) is 61.0 Å². The van der Waals surface area contributed by atoms with Gasteiger partial charge in [0.1, 0.15) is 0 Å². The van der Waals surface area contributed by atoms with Gasteiger partial charge in [-0.25, -0.2) is 0 Å². The van der Waals surface area contributed by atoms with Gasteiger partial charge in [-0.1, -0.05) is 33.8 Å². The molecule has 1 unspecified atom stereocenters. The monoisotopic (exact) mass is 405 g/mol. The van der Waals surface area contributed by atoms with Crippen LogP contribution in [0.25, 0.3) is 0 Å². The average molecular weight is 406 g/mol. The molecule has 1 aliphatic carbocycles. The molecule has 4 rings (SSSR count). The van der Waals surface area contributed by atoms with Crippen molar-refractivity contribution in [3.8, 4) is 0 Å². The second kappa shape index (κ2) is 7.97. The van der Waals surface area contributed by atoms with Crippen molar-refractivity contribution in [2.24, 2.45) is 0 Å². The zero-order chi connectivity index (χ0) is 19.2. The van der Waals surface area contributed by atoms with E-state index in [4.69, 9.17) is 0 Å². The van der Waals surface area contributed by atoms with Crippen molar-refractivity contribution < 1.29 is 4.79 Å². The Morgan fingerprint density at radius 1 is 1.00 bits per heavy atom. The maximum atomic E-state index is 13.2. The molecule has 0 saturated carbocycles. The number of hydrogen-bond donors (Lipinski definition) is 1. The quantitative estimate of drug-likeness (QED) is 0.816. The molecule has 1 atom stereocenters. The van der Waals surface area contributed by atoms with Gasteiger partial charge in [-0.3, -0.25) is 9.69 Å². The highest BCUT2D eigenvalue weighted by Gasteiger charge is 2.38. The summed E-state index contributed by atoms with van der Waals surface area (Å²) < 4.78 is 0. The van der Waals surface area contributed by atoms with Crippen molar-refractivity contribution in [1.82, 2.24) is 15.1 Å². The largest absolute Gasteiger partial charge is 0.337 e. The molecule has 28 heavy (non-hydrogen) atoms. The van der Waals surface area contributed by atoms with Crippen LogP contribution in [0.3, 0.4) is 0 Å². The van der Waals surface area contributed by atoms with E-state index < -0.39 is 0 Å². The summed E-state index contributed by atoms with van der Waals surface area (Å²) in [5.74, 6) is 0.217. The first-order valence-electron chi connectivity index (χ1n) is 10.7. The van der Waals surface area contributed by atoms with E-state index in [0.29, 0.717) is 6.04 Å². The van der Waals surface area contributed by atoms with Gasteiger partial charge in [-0.2, -0.15) is 0 Å². The lowest BCUT2D eigenvalue weighted by molar-refractivity contribution is 0.0773. The van der Waals surface area contributed by atoms with Gasteiger partial charge in [-0.15, -0.1) is 12.4 Å². The molecule has 0 spiro atoms. The standard InChI is InChI=1S/C23H35N3O.ClH/c1-22(2)8-9-23(3,4)20-15-17(5-6-19(20)22)21(27)26-12-7-18(16-26)25-13-10-24-11-14-25;/h5-6,15,18,24H,7-14,16H2,1-4H3;1H. The van der Waals surface area contributed by atoms with Gasteiger partial charge in [0.2, 0.25) is 0 Å². The number of nitrogens with zero attached hydrogens (tertiary/aromatic N) is 2. The first kappa shape index (κ1) is 21.6. The minimum atomic E-state index is 0. The van der Waals surface area contributed by atoms with Crippen molar-refractivity contribution in [2.75, 3.05) is 39.3 Å². The molecule has 2 saturated heterocycles. The number of carbonyl (C=O) groups is 1. The molecular weight excluding hydrogens is 370 g/mol. The van der Waals surface area contributed by atoms with Crippen LogP contribution in [0.4, 0.5) is 0 Å². The average Bonchev–Trinajstić information content (AvgIpc) is 3.16. The van der Waals surface area contributed by atoms with Gasteiger partial charge in [0.15, 0.2) is 0 Å². The van der Waals surface area contributed by atoms with Crippen molar-refractivity contribution in [3.63, 3.8) is 0 Å². The minimum Gasteiger partial charge on any atom is -0.337 e. The van der Waals surface area contributed by atoms with Crippen LogP contribution in [-0.2, 0) is 10.8 Å². The summed E-state index contributed by atoms with van der Waals surface area (Å²) in [6, 6.07) is 7.04. The highest BCUT2D eigenvalue weighted by Crippen LogP contribution is 2.46. The van der Waals surface area contributed by atoms with Gasteiger partial charge < -0.3 is 10.2 Å². The van der Waals surface area contributed by atoms with Crippen LogP contribution < -0.4 is 5.32 Å². The molecule has 2 aliphatic heterocycles. The number of nitrogens with one attached hydrogen (secondary N) is 1. The van der Waals surface area contributed by atoms with Crippen molar-refractivity contribution in [1.29, 1.82) is 0 Å². The fourth-order valence-electron chi connectivity index (χ4n) is 5.18. The van der Waals surface area contributed by atoms with Crippen LogP contribution in [0, 0.1) is 0 Å². The van der Waals surface area contributed by atoms with Crippen molar-refractivity contribution in [2.45, 2.75) is 63.8 Å². The Bertz CT molecular complexity index is 725. The Kier molecular flexibility index (Phi) is 6.15. The number of benzene rings is 1. The number of fused-ring (bicyclic) bond motifs is 1. The normalized spacial score (nSPS) is 26.4. The maximum absolute atomic E-state index is 13.2. The molecule has 2 fully saturated rings. The smallest absolute Gasteiger partial charge is 0.253 e. The van der Waals surface area contributed by atoms with E-state index >= 15 is 0 Å². The third kappa shape index (κ3) is 3.96. The summed E-state index contributed by atoms with van der Waals surface area (Å²) in [4.78, 5) is 17.9. The lowest BCUT2D eigenvalue weighted by Crippen LogP contribution is -2.49. The van der Waals surface area contributed by atoms with Crippen LogP contribution in [-0.4, -0.2) is 61.0 Å². The molecule has 0 aromatic heterocycles. The number of amides is 1. The van der Waals surface area contributed by atoms with Gasteiger partial charge in [0.05, 0.1) is 0 Å². The zero-order valence-corrected chi connectivity index (χ0v) is 18.7. The molecule has 3 aliphatic rings. The molecule has 2 heterocycles. The topological polar surface area (TPSA) is 35.6 Å². The van der Waals surface area contributed by atoms with E-state index in [1.54, 1.807) is 0 Å². The lowest BCUT2D eigenvalue weighted by atomic mass is 9.63. The molecule has 156 valence electrons. The van der Waals surface area contributed by atoms with Crippen molar-refractivity contribution >= 4 is 18.3 Å². The molecule has 1 N–H and O–H groups in total. The molecule has 0 bridgehead atoms. The Morgan fingerprint density at radius 2 is 1.64 bits per heavy atom. The van der Waals surface area contributed by atoms with Gasteiger partial charge >= 0.3 is 0 Å². The third-order valence-corrected chi connectivity index (χ3v) is 7.22. The number of carbonyl (C=O) groups excluding carboxylic acids is 1. The third-order valence-electron chi connectivity index (χ3n) is 7.22. The Labute approximate surface area is 176 Å². The summed E-state index contributed by atoms with van der Waals surface area (Å²) in [5, 5.41) is 3.42. The van der Waals surface area contributed by atoms with E-state index in [1.807, 2.05) is 0 Å². The van der Waals surface area contributed by atoms with E-state index in [0.717, 1.165) is 51.3 Å². The van der Waals surface area contributed by atoms with Crippen molar-refractivity contribution in [3.05, 3.63) is 34.9 Å². The Morgan fingerprint density at radius 3 is 2.32 bits per heavy atom. The van der Waals surface area contributed by atoms with Crippen LogP contribution in [0.5, 0.6) is 0 Å². The predicted molar refractivity (Wildman–Crippen MR) is 118 cm³/mol. The molecule has 1 amide bonds. The fraction of sp³-hybridized carbons (Fsp3) is 0.696. The maximum Gasteiger partial charge on any atom is 0.253 e. The van der Waals surface area contributed by atoms with E-state index in [-0.39, 0.29) is 29.1 Å². The molecule has 0 radical (unpaired) electrons. The Hall–Kier alpha value is -1.10. The van der Waals surface area contributed by atoms with Crippen LogP contribution in [0.1, 0.15) is 68.4 Å². The molecular formula is C23H36ClN3O. The summed E-state index contributed by atoms with van der Waals surface area (Å²) in [6.45, 7) is 15.4. The van der Waals surface area contributed by atoms with E-state index in [9.17, 15) is 4.79 Å². The second-order valence-corrected chi connectivity index (χ2v) is 10.0. The molecule has 5 heteroatoms. The predicted octanol–water partition coefficient (Wildman–Crippen LogP) is 3.58. The summed E-state index contributed by atoms with van der Waals surface area (Å²) in [6.07, 6.45) is 3.49. The summed E-state index contributed by atoms with van der Waals surface area (Å²) >= 11 is 0. The molecule has 1 aromatic rings. The first-order chi connectivity index (χ1) is 12.8. The highest BCUT2D eigenvalue weighted by molar-refractivity contribution is 5.95. The summed E-state index contributed by atoms with van der Waals surface area (Å²) in [5.41, 5.74) is 4.03. The van der Waals surface area contributed by atoms with Gasteiger partial charge in [0.25, 0.3) is 5.91 Å². The SMILES string of the molecule is CC1(C)CCC(C)(C)c2cc(C(=O)N3CCC(N4CCNCC4)C3)ccc21.Cl. The fourth-order valence-corrected chi connectivity index (χ4v) is 5.18. The molecule has 4 nitrogen and oxygen atoms in total. The first-order valence-corrected chi connectivity index (χ1v) is 10.7. The second-order valence-electron chi connectivity index (χ2n) is 10.0. The van der Waals surface area contributed by atoms with E-state index in [1.165, 1.54) is 24.0 Å². The van der Waals surface area contributed by atoms with Crippen LogP contribution >= 0.6 is 12.4 Å². The lowest BCUT2D eigenvalue weighted by Gasteiger charge is -2.42. The van der Waals surface area contributed by atoms with Crippen LogP contribution in [0.15, 0.2) is 18.2 Å².